The Labute approximate surface area is 173 Å². The quantitative estimate of drug-likeness (QED) is 0.570. The molecule has 5 heterocycles. The Hall–Kier alpha value is -2.70. The molecule has 3 aromatic rings. The SMILES string of the molecule is Cc1cc(Nc2nc(NC3C[C@H]4CC[C@H](C3)N4CCC#N)c3ccsc3n2)n[nH]1. The van der Waals surface area contributed by atoms with Crippen LogP contribution in [-0.2, 0) is 0 Å². The Morgan fingerprint density at radius 2 is 2.14 bits per heavy atom. The van der Waals surface area contributed by atoms with Crippen molar-refractivity contribution in [1.82, 2.24) is 25.1 Å². The van der Waals surface area contributed by atoms with E-state index in [2.05, 4.69) is 48.2 Å². The Balaban J connectivity index is 1.35. The van der Waals surface area contributed by atoms with Gasteiger partial charge in [-0.1, -0.05) is 0 Å². The first kappa shape index (κ1) is 18.3. The van der Waals surface area contributed by atoms with E-state index in [9.17, 15) is 0 Å². The minimum Gasteiger partial charge on any atom is -0.367 e. The van der Waals surface area contributed by atoms with E-state index in [0.717, 1.165) is 41.1 Å². The summed E-state index contributed by atoms with van der Waals surface area (Å²) in [6.45, 7) is 2.86. The molecule has 0 aliphatic carbocycles. The van der Waals surface area contributed by atoms with E-state index in [-0.39, 0.29) is 0 Å². The zero-order valence-corrected chi connectivity index (χ0v) is 17.2. The van der Waals surface area contributed by atoms with Gasteiger partial charge in [0.15, 0.2) is 5.82 Å². The summed E-state index contributed by atoms with van der Waals surface area (Å²) in [5.74, 6) is 2.16. The summed E-state index contributed by atoms with van der Waals surface area (Å²) < 4.78 is 0. The Morgan fingerprint density at radius 3 is 2.86 bits per heavy atom. The molecule has 8 nitrogen and oxygen atoms in total. The van der Waals surface area contributed by atoms with Gasteiger partial charge in [0, 0.05) is 42.9 Å². The third-order valence-corrected chi connectivity index (χ3v) is 6.78. The van der Waals surface area contributed by atoms with Crippen LogP contribution in [0, 0.1) is 18.3 Å². The second kappa shape index (κ2) is 7.61. The van der Waals surface area contributed by atoms with Crippen LogP contribution >= 0.6 is 11.3 Å². The molecule has 0 unspecified atom stereocenters. The lowest BCUT2D eigenvalue weighted by atomic mass is 9.97. The second-order valence-electron chi connectivity index (χ2n) is 7.94. The average molecular weight is 409 g/mol. The molecular weight excluding hydrogens is 384 g/mol. The number of nitriles is 1. The first-order chi connectivity index (χ1) is 14.2. The van der Waals surface area contributed by atoms with E-state index in [1.54, 1.807) is 11.3 Å². The molecule has 2 atom stereocenters. The maximum Gasteiger partial charge on any atom is 0.231 e. The number of anilines is 3. The van der Waals surface area contributed by atoms with Gasteiger partial charge in [0.1, 0.15) is 10.6 Å². The van der Waals surface area contributed by atoms with Gasteiger partial charge in [-0.2, -0.15) is 15.3 Å². The van der Waals surface area contributed by atoms with E-state index >= 15 is 0 Å². The fourth-order valence-electron chi connectivity index (χ4n) is 4.75. The van der Waals surface area contributed by atoms with Crippen molar-refractivity contribution in [3.63, 3.8) is 0 Å². The third kappa shape index (κ3) is 3.66. The average Bonchev–Trinajstić information content (AvgIpc) is 3.39. The van der Waals surface area contributed by atoms with E-state index < -0.39 is 0 Å². The van der Waals surface area contributed by atoms with Crippen LogP contribution in [0.15, 0.2) is 17.5 Å². The van der Waals surface area contributed by atoms with Gasteiger partial charge in [0.2, 0.25) is 5.95 Å². The number of nitrogens with one attached hydrogen (secondary N) is 3. The van der Waals surface area contributed by atoms with E-state index in [0.29, 0.717) is 36.3 Å². The molecular formula is C20H24N8S. The van der Waals surface area contributed by atoms with Crippen molar-refractivity contribution >= 4 is 39.1 Å². The van der Waals surface area contributed by atoms with Gasteiger partial charge in [0.05, 0.1) is 11.5 Å². The summed E-state index contributed by atoms with van der Waals surface area (Å²) in [6, 6.07) is 7.85. The Bertz CT molecular complexity index is 1040. The largest absolute Gasteiger partial charge is 0.367 e. The van der Waals surface area contributed by atoms with E-state index in [1.165, 1.54) is 12.8 Å². The molecule has 2 aliphatic heterocycles. The number of aromatic nitrogens is 4. The van der Waals surface area contributed by atoms with Crippen LogP contribution in [0.25, 0.3) is 10.2 Å². The number of piperidine rings is 1. The summed E-state index contributed by atoms with van der Waals surface area (Å²) >= 11 is 1.62. The molecule has 2 fully saturated rings. The maximum absolute atomic E-state index is 8.94. The van der Waals surface area contributed by atoms with Gasteiger partial charge in [-0.05, 0) is 44.1 Å². The lowest BCUT2D eigenvalue weighted by Gasteiger charge is -2.39. The number of rotatable bonds is 6. The number of thiophene rings is 1. The molecule has 3 aromatic heterocycles. The summed E-state index contributed by atoms with van der Waals surface area (Å²) in [6.07, 6.45) is 5.28. The molecule has 150 valence electrons. The van der Waals surface area contributed by atoms with Crippen LogP contribution in [0.3, 0.4) is 0 Å². The van der Waals surface area contributed by atoms with Gasteiger partial charge in [-0.25, -0.2) is 4.98 Å². The molecule has 2 saturated heterocycles. The predicted molar refractivity (Wildman–Crippen MR) is 114 cm³/mol. The molecule has 29 heavy (non-hydrogen) atoms. The van der Waals surface area contributed by atoms with Crippen LogP contribution in [0.5, 0.6) is 0 Å². The van der Waals surface area contributed by atoms with E-state index in [4.69, 9.17) is 10.2 Å². The Morgan fingerprint density at radius 1 is 1.31 bits per heavy atom. The van der Waals surface area contributed by atoms with E-state index in [1.807, 2.05) is 13.0 Å². The normalized spacial score (nSPS) is 23.9. The van der Waals surface area contributed by atoms with Crippen LogP contribution < -0.4 is 10.6 Å². The number of aromatic amines is 1. The monoisotopic (exact) mass is 408 g/mol. The summed E-state index contributed by atoms with van der Waals surface area (Å²) in [5, 5.41) is 26.1. The molecule has 0 aromatic carbocycles. The van der Waals surface area contributed by atoms with Crippen LogP contribution in [-0.4, -0.2) is 49.7 Å². The van der Waals surface area contributed by atoms with Crippen molar-refractivity contribution in [2.75, 3.05) is 17.2 Å². The number of nitrogens with zero attached hydrogens (tertiary/aromatic N) is 5. The number of H-pyrrole nitrogens is 1. The Kier molecular flexibility index (Phi) is 4.81. The predicted octanol–water partition coefficient (Wildman–Crippen LogP) is 3.79. The van der Waals surface area contributed by atoms with Gasteiger partial charge in [0.25, 0.3) is 0 Å². The second-order valence-corrected chi connectivity index (χ2v) is 8.83. The van der Waals surface area contributed by atoms with Gasteiger partial charge in [-0.3, -0.25) is 10.00 Å². The molecule has 0 saturated carbocycles. The molecule has 5 rings (SSSR count). The first-order valence-corrected chi connectivity index (χ1v) is 11.0. The fourth-order valence-corrected chi connectivity index (χ4v) is 5.51. The number of fused-ring (bicyclic) bond motifs is 3. The standard InChI is InChI=1S/C20H24N8S/c1-12-9-17(27-26-12)23-20-24-18(16-5-8-29-19(16)25-20)22-13-10-14-3-4-15(11-13)28(14)7-2-6-21/h5,8-9,13-15H,2-4,7,10-11H2,1H3,(H3,22,23,24,25,26,27)/t14-,15-/m1/s1. The summed E-state index contributed by atoms with van der Waals surface area (Å²) in [4.78, 5) is 12.9. The van der Waals surface area contributed by atoms with Crippen LogP contribution in [0.4, 0.5) is 17.6 Å². The van der Waals surface area contributed by atoms with Gasteiger partial charge < -0.3 is 10.6 Å². The molecule has 0 amide bonds. The first-order valence-electron chi connectivity index (χ1n) is 10.1. The highest BCUT2D eigenvalue weighted by Gasteiger charge is 2.40. The van der Waals surface area contributed by atoms with Gasteiger partial charge >= 0.3 is 0 Å². The van der Waals surface area contributed by atoms with Crippen molar-refractivity contribution in [2.24, 2.45) is 0 Å². The van der Waals surface area contributed by atoms with Crippen molar-refractivity contribution in [1.29, 1.82) is 5.26 Å². The van der Waals surface area contributed by atoms with Crippen LogP contribution in [0.1, 0.15) is 37.8 Å². The van der Waals surface area contributed by atoms with Crippen molar-refractivity contribution in [3.8, 4) is 6.07 Å². The third-order valence-electron chi connectivity index (χ3n) is 5.98. The molecule has 0 spiro atoms. The topological polar surface area (TPSA) is 106 Å². The molecule has 2 aliphatic rings. The highest BCUT2D eigenvalue weighted by Crippen LogP contribution is 2.37. The van der Waals surface area contributed by atoms with Gasteiger partial charge in [-0.15, -0.1) is 11.3 Å². The number of hydrogen-bond acceptors (Lipinski definition) is 8. The van der Waals surface area contributed by atoms with Crippen molar-refractivity contribution < 1.29 is 0 Å². The fraction of sp³-hybridized carbons (Fsp3) is 0.500. The highest BCUT2D eigenvalue weighted by atomic mass is 32.1. The summed E-state index contributed by atoms with van der Waals surface area (Å²) in [7, 11) is 0. The molecule has 9 heteroatoms. The number of hydrogen-bond donors (Lipinski definition) is 3. The zero-order valence-electron chi connectivity index (χ0n) is 16.4. The van der Waals surface area contributed by atoms with Crippen LogP contribution in [0.2, 0.25) is 0 Å². The van der Waals surface area contributed by atoms with Crippen molar-refractivity contribution in [3.05, 3.63) is 23.2 Å². The smallest absolute Gasteiger partial charge is 0.231 e. The highest BCUT2D eigenvalue weighted by molar-refractivity contribution is 7.16. The molecule has 0 radical (unpaired) electrons. The molecule has 3 N–H and O–H groups in total. The molecule has 2 bridgehead atoms. The minimum atomic E-state index is 0.393. The summed E-state index contributed by atoms with van der Waals surface area (Å²) in [5.41, 5.74) is 0.988. The van der Waals surface area contributed by atoms with Crippen molar-refractivity contribution in [2.45, 2.75) is 57.2 Å². The lowest BCUT2D eigenvalue weighted by Crippen LogP contribution is -2.47. The maximum atomic E-state index is 8.94. The zero-order chi connectivity index (χ0) is 19.8. The minimum absolute atomic E-state index is 0.393. The number of aryl methyl sites for hydroxylation is 1. The lowest BCUT2D eigenvalue weighted by molar-refractivity contribution is 0.136.